The maximum Gasteiger partial charge on any atom is 0.433 e. The van der Waals surface area contributed by atoms with Crippen molar-refractivity contribution in [3.8, 4) is 0 Å². The van der Waals surface area contributed by atoms with Gasteiger partial charge in [-0.25, -0.2) is 15.0 Å². The second-order valence-corrected chi connectivity index (χ2v) is 6.42. The Morgan fingerprint density at radius 1 is 1.00 bits per heavy atom. The molecule has 3 rings (SSSR count). The molecule has 1 N–H and O–H groups in total. The van der Waals surface area contributed by atoms with Gasteiger partial charge in [-0.3, -0.25) is 4.79 Å². The number of carbonyl (C=O) groups excluding carboxylic acids is 1. The third-order valence-corrected chi connectivity index (χ3v) is 4.42. The maximum absolute atomic E-state index is 12.8. The number of amides is 1. The summed E-state index contributed by atoms with van der Waals surface area (Å²) in [7, 11) is 0. The van der Waals surface area contributed by atoms with Crippen molar-refractivity contribution in [1.82, 2.24) is 15.0 Å². The van der Waals surface area contributed by atoms with Crippen molar-refractivity contribution in [1.29, 1.82) is 0 Å². The zero-order chi connectivity index (χ0) is 21.2. The molecular formula is C17H15F6N5O. The number of rotatable bonds is 3. The lowest BCUT2D eigenvalue weighted by molar-refractivity contribution is -0.141. The van der Waals surface area contributed by atoms with Gasteiger partial charge in [0.15, 0.2) is 0 Å². The number of nitrogens with zero attached hydrogens (tertiary/aromatic N) is 4. The second-order valence-electron chi connectivity index (χ2n) is 6.42. The number of nitrogens with one attached hydrogen (secondary N) is 1. The Morgan fingerprint density at radius 2 is 1.69 bits per heavy atom. The Morgan fingerprint density at radius 3 is 2.24 bits per heavy atom. The lowest BCUT2D eigenvalue weighted by atomic mass is 9.96. The van der Waals surface area contributed by atoms with Crippen LogP contribution in [-0.4, -0.2) is 33.9 Å². The summed E-state index contributed by atoms with van der Waals surface area (Å²) in [5, 5.41) is 2.46. The first-order valence-electron chi connectivity index (χ1n) is 8.53. The van der Waals surface area contributed by atoms with E-state index in [1.807, 2.05) is 0 Å². The zero-order valence-corrected chi connectivity index (χ0v) is 14.8. The molecule has 12 heteroatoms. The van der Waals surface area contributed by atoms with Gasteiger partial charge in [0, 0.05) is 31.4 Å². The first-order valence-corrected chi connectivity index (χ1v) is 8.53. The van der Waals surface area contributed by atoms with Crippen LogP contribution in [0.5, 0.6) is 0 Å². The fourth-order valence-electron chi connectivity index (χ4n) is 2.86. The Balaban J connectivity index is 1.57. The summed E-state index contributed by atoms with van der Waals surface area (Å²) in [4.78, 5) is 24.8. The highest BCUT2D eigenvalue weighted by atomic mass is 19.4. The molecule has 0 bridgehead atoms. The molecule has 1 aliphatic heterocycles. The van der Waals surface area contributed by atoms with Gasteiger partial charge >= 0.3 is 12.4 Å². The van der Waals surface area contributed by atoms with Gasteiger partial charge in [-0.1, -0.05) is 0 Å². The highest BCUT2D eigenvalue weighted by Gasteiger charge is 2.34. The minimum absolute atomic E-state index is 0.00774. The minimum atomic E-state index is -4.58. The number of anilines is 2. The van der Waals surface area contributed by atoms with Crippen LogP contribution in [0.2, 0.25) is 0 Å². The molecule has 156 valence electrons. The Kier molecular flexibility index (Phi) is 5.62. The molecule has 2 aromatic heterocycles. The van der Waals surface area contributed by atoms with Crippen LogP contribution >= 0.6 is 0 Å². The van der Waals surface area contributed by atoms with Crippen LogP contribution in [0.15, 0.2) is 30.6 Å². The molecule has 0 atom stereocenters. The van der Waals surface area contributed by atoms with Crippen LogP contribution in [0.25, 0.3) is 0 Å². The lowest BCUT2D eigenvalue weighted by Crippen LogP contribution is -2.39. The standard InChI is InChI=1S/C17H15F6N5O/c18-16(19,20)11-1-2-13(25-9-11)27-14(29)10-4-7-28(8-5-10)15-24-6-3-12(26-15)17(21,22)23/h1-3,6,9-10H,4-5,7-8H2,(H,25,27,29). The van der Waals surface area contributed by atoms with Gasteiger partial charge in [0.25, 0.3) is 0 Å². The van der Waals surface area contributed by atoms with Gasteiger partial charge in [0.2, 0.25) is 11.9 Å². The van der Waals surface area contributed by atoms with Gasteiger partial charge in [-0.05, 0) is 31.0 Å². The summed E-state index contributed by atoms with van der Waals surface area (Å²) in [5.41, 5.74) is -1.97. The Bertz CT molecular complexity index is 860. The summed E-state index contributed by atoms with van der Waals surface area (Å²) in [6.07, 6.45) is -6.79. The van der Waals surface area contributed by atoms with Gasteiger partial charge in [-0.15, -0.1) is 0 Å². The van der Waals surface area contributed by atoms with Crippen LogP contribution in [0.3, 0.4) is 0 Å². The van der Waals surface area contributed by atoms with E-state index in [0.29, 0.717) is 19.0 Å². The average molecular weight is 419 g/mol. The van der Waals surface area contributed by atoms with E-state index < -0.39 is 35.4 Å². The number of pyridine rings is 1. The van der Waals surface area contributed by atoms with Crippen LogP contribution < -0.4 is 10.2 Å². The van der Waals surface area contributed by atoms with Gasteiger partial charge in [0.1, 0.15) is 11.5 Å². The number of hydrogen-bond donors (Lipinski definition) is 1. The van der Waals surface area contributed by atoms with E-state index in [-0.39, 0.29) is 24.9 Å². The predicted octanol–water partition coefficient (Wildman–Crippen LogP) is 3.76. The van der Waals surface area contributed by atoms with Crippen LogP contribution in [0.1, 0.15) is 24.1 Å². The third kappa shape index (κ3) is 5.12. The molecule has 6 nitrogen and oxygen atoms in total. The number of piperidine rings is 1. The molecule has 0 unspecified atom stereocenters. The summed E-state index contributed by atoms with van der Waals surface area (Å²) in [6, 6.07) is 2.66. The van der Waals surface area contributed by atoms with E-state index in [4.69, 9.17) is 0 Å². The van der Waals surface area contributed by atoms with Gasteiger partial charge in [0.05, 0.1) is 5.56 Å². The molecule has 2 aromatic rings. The fraction of sp³-hybridized carbons (Fsp3) is 0.412. The average Bonchev–Trinajstić information content (AvgIpc) is 2.67. The predicted molar refractivity (Wildman–Crippen MR) is 89.8 cm³/mol. The molecule has 29 heavy (non-hydrogen) atoms. The molecule has 1 saturated heterocycles. The highest BCUT2D eigenvalue weighted by molar-refractivity contribution is 5.91. The van der Waals surface area contributed by atoms with E-state index in [0.717, 1.165) is 24.4 Å². The maximum atomic E-state index is 12.8. The van der Waals surface area contributed by atoms with E-state index in [2.05, 4.69) is 20.3 Å². The third-order valence-electron chi connectivity index (χ3n) is 4.42. The molecule has 0 aliphatic carbocycles. The zero-order valence-electron chi connectivity index (χ0n) is 14.8. The molecule has 0 saturated carbocycles. The van der Waals surface area contributed by atoms with Gasteiger partial charge in [-0.2, -0.15) is 26.3 Å². The SMILES string of the molecule is O=C(Nc1ccc(C(F)(F)F)cn1)C1CCN(c2nccc(C(F)(F)F)n2)CC1. The quantitative estimate of drug-likeness (QED) is 0.768. The molecular weight excluding hydrogens is 404 g/mol. The first-order chi connectivity index (χ1) is 13.5. The molecule has 3 heterocycles. The van der Waals surface area contributed by atoms with Crippen LogP contribution in [0, 0.1) is 5.92 Å². The summed E-state index contributed by atoms with van der Waals surface area (Å²) < 4.78 is 75.9. The molecule has 0 spiro atoms. The molecule has 0 radical (unpaired) electrons. The monoisotopic (exact) mass is 419 g/mol. The second kappa shape index (κ2) is 7.84. The van der Waals surface area contributed by atoms with Crippen LogP contribution in [0.4, 0.5) is 38.1 Å². The molecule has 1 amide bonds. The minimum Gasteiger partial charge on any atom is -0.341 e. The van der Waals surface area contributed by atoms with Gasteiger partial charge < -0.3 is 10.2 Å². The Hall–Kier alpha value is -2.92. The van der Waals surface area contributed by atoms with Crippen molar-refractivity contribution >= 4 is 17.7 Å². The number of hydrogen-bond acceptors (Lipinski definition) is 5. The number of alkyl halides is 6. The smallest absolute Gasteiger partial charge is 0.341 e. The van der Waals surface area contributed by atoms with Crippen LogP contribution in [-0.2, 0) is 17.1 Å². The number of halogens is 6. The molecule has 0 aromatic carbocycles. The summed E-state index contributed by atoms with van der Waals surface area (Å²) in [5.74, 6) is -0.947. The Labute approximate surface area is 161 Å². The molecule has 1 fully saturated rings. The van der Waals surface area contributed by atoms with Crippen molar-refractivity contribution in [2.75, 3.05) is 23.3 Å². The summed E-state index contributed by atoms with van der Waals surface area (Å²) in [6.45, 7) is 0.527. The van der Waals surface area contributed by atoms with Crippen molar-refractivity contribution in [3.63, 3.8) is 0 Å². The summed E-state index contributed by atoms with van der Waals surface area (Å²) >= 11 is 0. The fourth-order valence-corrected chi connectivity index (χ4v) is 2.86. The van der Waals surface area contributed by atoms with Crippen molar-refractivity contribution in [2.24, 2.45) is 5.92 Å². The largest absolute Gasteiger partial charge is 0.433 e. The topological polar surface area (TPSA) is 71.0 Å². The lowest BCUT2D eigenvalue weighted by Gasteiger charge is -2.31. The first kappa shape index (κ1) is 20.8. The normalized spacial score (nSPS) is 16.0. The van der Waals surface area contributed by atoms with Crippen molar-refractivity contribution in [2.45, 2.75) is 25.2 Å². The van der Waals surface area contributed by atoms with E-state index in [1.54, 1.807) is 4.90 Å². The number of carbonyl (C=O) groups is 1. The number of aromatic nitrogens is 3. The molecule has 1 aliphatic rings. The van der Waals surface area contributed by atoms with Crippen molar-refractivity contribution in [3.05, 3.63) is 41.9 Å². The van der Waals surface area contributed by atoms with E-state index >= 15 is 0 Å². The van der Waals surface area contributed by atoms with Crippen molar-refractivity contribution < 1.29 is 31.1 Å². The highest BCUT2D eigenvalue weighted by Crippen LogP contribution is 2.30. The van der Waals surface area contributed by atoms with E-state index in [9.17, 15) is 31.1 Å². The van der Waals surface area contributed by atoms with E-state index in [1.165, 1.54) is 0 Å².